The number of rotatable bonds is 2. The molecule has 0 bridgehead atoms. The van der Waals surface area contributed by atoms with Gasteiger partial charge in [-0.3, -0.25) is 0 Å². The van der Waals surface area contributed by atoms with Crippen LogP contribution in [-0.2, 0) is 0 Å². The number of halogens is 8. The van der Waals surface area contributed by atoms with Gasteiger partial charge in [-0.1, -0.05) is 6.92 Å². The normalized spacial score (nSPS) is 18.8. The Hall–Kier alpha value is -0.560. The zero-order valence-electron chi connectivity index (χ0n) is 7.73. The van der Waals surface area contributed by atoms with Gasteiger partial charge in [0, 0.05) is 0 Å². The lowest BCUT2D eigenvalue weighted by Gasteiger charge is -2.38. The molecule has 0 aliphatic heterocycles. The molecule has 0 aromatic carbocycles. The van der Waals surface area contributed by atoms with Crippen LogP contribution in [0.4, 0.5) is 35.1 Å². The Kier molecular flexibility index (Phi) is 3.35. The van der Waals surface area contributed by atoms with E-state index in [1.54, 1.807) is 0 Å². The quantitative estimate of drug-likeness (QED) is 0.645. The Morgan fingerprint density at radius 2 is 1.00 bits per heavy atom. The van der Waals surface area contributed by atoms with Crippen molar-refractivity contribution < 1.29 is 35.1 Å². The smallest absolute Gasteiger partial charge is 0.240 e. The van der Waals surface area contributed by atoms with Gasteiger partial charge in [0.2, 0.25) is 0 Å². The van der Waals surface area contributed by atoms with E-state index < -0.39 is 30.1 Å². The Labute approximate surface area is 80.3 Å². The Morgan fingerprint density at radius 1 is 0.733 bits per heavy atom. The summed E-state index contributed by atoms with van der Waals surface area (Å²) in [5.41, 5.74) is -9.90. The molecule has 8 heteroatoms. The van der Waals surface area contributed by atoms with E-state index in [1.165, 1.54) is 0 Å². The summed E-state index contributed by atoms with van der Waals surface area (Å²) in [6.07, 6.45) is -13.9. The van der Waals surface area contributed by atoms with Gasteiger partial charge in [-0.15, -0.1) is 0 Å². The van der Waals surface area contributed by atoms with Crippen molar-refractivity contribution >= 4 is 0 Å². The summed E-state index contributed by atoms with van der Waals surface area (Å²) in [7, 11) is 0. The van der Waals surface area contributed by atoms with E-state index in [9.17, 15) is 35.1 Å². The van der Waals surface area contributed by atoms with Crippen LogP contribution in [0.1, 0.15) is 20.3 Å². The van der Waals surface area contributed by atoms with Gasteiger partial charge in [0.1, 0.15) is 0 Å². The van der Waals surface area contributed by atoms with Crippen molar-refractivity contribution in [2.75, 3.05) is 0 Å². The SMILES string of the molecule is CCC(C)(F)C(F)(C(F)(F)F)C(F)(F)F. The third kappa shape index (κ3) is 2.03. The highest BCUT2D eigenvalue weighted by Gasteiger charge is 2.80. The molecule has 0 aliphatic rings. The summed E-state index contributed by atoms with van der Waals surface area (Å²) < 4.78 is 97.7. The summed E-state index contributed by atoms with van der Waals surface area (Å²) in [5, 5.41) is 0. The molecule has 1 unspecified atom stereocenters. The van der Waals surface area contributed by atoms with Gasteiger partial charge >= 0.3 is 18.0 Å². The molecule has 0 aromatic rings. The topological polar surface area (TPSA) is 0 Å². The van der Waals surface area contributed by atoms with E-state index in [2.05, 4.69) is 0 Å². The van der Waals surface area contributed by atoms with E-state index >= 15 is 0 Å². The van der Waals surface area contributed by atoms with Crippen molar-refractivity contribution in [1.82, 2.24) is 0 Å². The van der Waals surface area contributed by atoms with Crippen LogP contribution in [0.3, 0.4) is 0 Å². The van der Waals surface area contributed by atoms with Crippen LogP contribution in [0.15, 0.2) is 0 Å². The maximum atomic E-state index is 13.0. The summed E-state index contributed by atoms with van der Waals surface area (Å²) in [6, 6.07) is 0. The lowest BCUT2D eigenvalue weighted by molar-refractivity contribution is -0.374. The molecular formula is C7H8F8. The molecule has 0 aliphatic carbocycles. The van der Waals surface area contributed by atoms with Gasteiger partial charge < -0.3 is 0 Å². The molecule has 0 radical (unpaired) electrons. The molecule has 1 atom stereocenters. The Balaban J connectivity index is 5.65. The highest BCUT2D eigenvalue weighted by Crippen LogP contribution is 2.54. The maximum absolute atomic E-state index is 13.0. The molecule has 0 amide bonds. The lowest BCUT2D eigenvalue weighted by atomic mass is 9.84. The van der Waals surface area contributed by atoms with Crippen LogP contribution in [0.5, 0.6) is 0 Å². The molecule has 0 saturated carbocycles. The van der Waals surface area contributed by atoms with Crippen LogP contribution >= 0.6 is 0 Å². The fourth-order valence-corrected chi connectivity index (χ4v) is 0.995. The second kappa shape index (κ2) is 3.48. The van der Waals surface area contributed by atoms with Crippen LogP contribution in [-0.4, -0.2) is 23.7 Å². The fourth-order valence-electron chi connectivity index (χ4n) is 0.995. The van der Waals surface area contributed by atoms with E-state index in [4.69, 9.17) is 0 Å². The lowest BCUT2D eigenvalue weighted by Crippen LogP contribution is -2.64. The van der Waals surface area contributed by atoms with Gasteiger partial charge in [-0.25, -0.2) is 8.78 Å². The summed E-state index contributed by atoms with van der Waals surface area (Å²) in [4.78, 5) is 0. The zero-order chi connectivity index (χ0) is 12.7. The Bertz CT molecular complexity index is 208. The van der Waals surface area contributed by atoms with Crippen molar-refractivity contribution in [3.63, 3.8) is 0 Å². The van der Waals surface area contributed by atoms with E-state index in [0.717, 1.165) is 0 Å². The van der Waals surface area contributed by atoms with Gasteiger partial charge in [-0.05, 0) is 13.3 Å². The van der Waals surface area contributed by atoms with Crippen molar-refractivity contribution in [1.29, 1.82) is 0 Å². The van der Waals surface area contributed by atoms with Crippen LogP contribution < -0.4 is 0 Å². The van der Waals surface area contributed by atoms with Crippen molar-refractivity contribution in [2.24, 2.45) is 0 Å². The van der Waals surface area contributed by atoms with Crippen molar-refractivity contribution in [3.05, 3.63) is 0 Å². The molecule has 0 heterocycles. The zero-order valence-corrected chi connectivity index (χ0v) is 7.73. The van der Waals surface area contributed by atoms with Crippen LogP contribution in [0.2, 0.25) is 0 Å². The molecule has 0 fully saturated rings. The molecule has 92 valence electrons. The maximum Gasteiger partial charge on any atom is 0.434 e. The van der Waals surface area contributed by atoms with Crippen molar-refractivity contribution in [2.45, 2.75) is 44.0 Å². The Morgan fingerprint density at radius 3 is 1.07 bits per heavy atom. The highest BCUT2D eigenvalue weighted by molar-refractivity contribution is 5.07. The first-order valence-electron chi connectivity index (χ1n) is 3.82. The molecule has 15 heavy (non-hydrogen) atoms. The second-order valence-electron chi connectivity index (χ2n) is 3.20. The third-order valence-corrected chi connectivity index (χ3v) is 2.16. The molecule has 0 N–H and O–H groups in total. The van der Waals surface area contributed by atoms with Gasteiger partial charge in [0.25, 0.3) is 0 Å². The first kappa shape index (κ1) is 14.4. The van der Waals surface area contributed by atoms with E-state index in [-0.39, 0.29) is 6.92 Å². The summed E-state index contributed by atoms with van der Waals surface area (Å²) in [6.45, 7) is 0.639. The van der Waals surface area contributed by atoms with Crippen molar-refractivity contribution in [3.8, 4) is 0 Å². The minimum atomic E-state index is -6.34. The van der Waals surface area contributed by atoms with Gasteiger partial charge in [0.05, 0.1) is 0 Å². The highest BCUT2D eigenvalue weighted by atomic mass is 19.4. The fraction of sp³-hybridized carbons (Fsp3) is 1.00. The van der Waals surface area contributed by atoms with Gasteiger partial charge in [0.15, 0.2) is 5.67 Å². The average Bonchev–Trinajstić information content (AvgIpc) is 1.98. The third-order valence-electron chi connectivity index (χ3n) is 2.16. The number of alkyl halides is 8. The second-order valence-corrected chi connectivity index (χ2v) is 3.20. The molecular weight excluding hydrogens is 236 g/mol. The molecule has 0 nitrogen and oxygen atoms in total. The molecule has 0 spiro atoms. The first-order valence-corrected chi connectivity index (χ1v) is 3.82. The van der Waals surface area contributed by atoms with E-state index in [1.807, 2.05) is 0 Å². The summed E-state index contributed by atoms with van der Waals surface area (Å²) in [5.74, 6) is 0. The molecule has 0 saturated heterocycles. The minimum Gasteiger partial charge on any atom is -0.240 e. The number of hydrogen-bond donors (Lipinski definition) is 0. The monoisotopic (exact) mass is 244 g/mol. The van der Waals surface area contributed by atoms with Gasteiger partial charge in [-0.2, -0.15) is 26.3 Å². The average molecular weight is 244 g/mol. The predicted molar refractivity (Wildman–Crippen MR) is 35.8 cm³/mol. The van der Waals surface area contributed by atoms with E-state index in [0.29, 0.717) is 6.92 Å². The molecule has 0 rings (SSSR count). The predicted octanol–water partition coefficient (Wildman–Crippen LogP) is 3.96. The van der Waals surface area contributed by atoms with Crippen LogP contribution in [0, 0.1) is 0 Å². The minimum absolute atomic E-state index is 0.0615. The molecule has 0 aromatic heterocycles. The summed E-state index contributed by atoms with van der Waals surface area (Å²) >= 11 is 0. The standard InChI is InChI=1S/C7H8F8/c1-3-4(2,8)5(9,6(10,11)12)7(13,14)15/h3H2,1-2H3. The largest absolute Gasteiger partial charge is 0.434 e. The first-order chi connectivity index (χ1) is 6.31. The number of hydrogen-bond acceptors (Lipinski definition) is 0. The van der Waals surface area contributed by atoms with Crippen LogP contribution in [0.25, 0.3) is 0 Å².